The summed E-state index contributed by atoms with van der Waals surface area (Å²) in [5, 5.41) is 6.50. The van der Waals surface area contributed by atoms with Crippen LogP contribution in [0.5, 0.6) is 0 Å². The minimum Gasteiger partial charge on any atom is -0.365 e. The first-order chi connectivity index (χ1) is 16.7. The van der Waals surface area contributed by atoms with Crippen molar-refractivity contribution in [3.8, 4) is 0 Å². The van der Waals surface area contributed by atoms with Gasteiger partial charge in [0.25, 0.3) is 5.91 Å². The van der Waals surface area contributed by atoms with Crippen molar-refractivity contribution in [3.63, 3.8) is 0 Å². The number of nitrogens with zero attached hydrogens (tertiary/aromatic N) is 3. The van der Waals surface area contributed by atoms with E-state index >= 15 is 0 Å². The predicted octanol–water partition coefficient (Wildman–Crippen LogP) is 3.52. The fourth-order valence-electron chi connectivity index (χ4n) is 5.63. The molecule has 2 aliphatic heterocycles. The fraction of sp³-hybridized carbons (Fsp3) is 0.538. The van der Waals surface area contributed by atoms with Crippen molar-refractivity contribution >= 4 is 35.0 Å². The molecule has 0 spiro atoms. The maximum absolute atomic E-state index is 12.8. The summed E-state index contributed by atoms with van der Waals surface area (Å²) in [7, 11) is 0. The highest BCUT2D eigenvalue weighted by molar-refractivity contribution is 6.07. The number of rotatable bonds is 5. The average Bonchev–Trinajstić information content (AvgIpc) is 3.07. The van der Waals surface area contributed by atoms with Gasteiger partial charge in [-0.3, -0.25) is 9.59 Å². The molecule has 5 rings (SSSR count). The van der Waals surface area contributed by atoms with Gasteiger partial charge in [0, 0.05) is 36.7 Å². The van der Waals surface area contributed by atoms with Gasteiger partial charge in [-0.05, 0) is 68.7 Å². The third kappa shape index (κ3) is 4.45. The highest BCUT2D eigenvalue weighted by atomic mass is 16.2. The van der Waals surface area contributed by atoms with Gasteiger partial charge >= 0.3 is 0 Å². The molecule has 1 unspecified atom stereocenters. The molecule has 9 heteroatoms. The largest absolute Gasteiger partial charge is 0.365 e. The smallest absolute Gasteiger partial charge is 0.254 e. The number of amides is 2. The summed E-state index contributed by atoms with van der Waals surface area (Å²) in [6.07, 6.45) is 9.26. The van der Waals surface area contributed by atoms with Crippen molar-refractivity contribution in [2.45, 2.75) is 76.2 Å². The molecule has 1 saturated heterocycles. The summed E-state index contributed by atoms with van der Waals surface area (Å²) in [6.45, 7) is 5.37. The van der Waals surface area contributed by atoms with E-state index in [1.807, 2.05) is 24.8 Å². The van der Waals surface area contributed by atoms with Gasteiger partial charge in [-0.2, -0.15) is 4.98 Å². The molecule has 35 heavy (non-hydrogen) atoms. The number of carbonyl (C=O) groups excluding carboxylic acids is 2. The highest BCUT2D eigenvalue weighted by Gasteiger charge is 2.41. The van der Waals surface area contributed by atoms with Crippen LogP contribution in [0.1, 0.15) is 86.2 Å². The summed E-state index contributed by atoms with van der Waals surface area (Å²) >= 11 is 0. The van der Waals surface area contributed by atoms with Crippen LogP contribution in [0.2, 0.25) is 0 Å². The maximum Gasteiger partial charge on any atom is 0.254 e. The van der Waals surface area contributed by atoms with Crippen LogP contribution in [0.15, 0.2) is 18.3 Å². The number of nitrogens with one attached hydrogen (secondary N) is 2. The Balaban J connectivity index is 1.55. The van der Waals surface area contributed by atoms with Crippen molar-refractivity contribution < 1.29 is 9.59 Å². The number of primary amides is 1. The van der Waals surface area contributed by atoms with Gasteiger partial charge in [0.2, 0.25) is 11.9 Å². The molecule has 2 aromatic rings. The van der Waals surface area contributed by atoms with Crippen LogP contribution >= 0.6 is 0 Å². The number of carbonyl (C=O) groups is 2. The monoisotopic (exact) mass is 477 g/mol. The van der Waals surface area contributed by atoms with Gasteiger partial charge in [0.15, 0.2) is 0 Å². The molecule has 1 atom stereocenters. The molecular formula is C26H35N7O2. The quantitative estimate of drug-likeness (QED) is 0.516. The first-order valence-corrected chi connectivity index (χ1v) is 12.7. The summed E-state index contributed by atoms with van der Waals surface area (Å²) in [5.74, 6) is 0.690. The van der Waals surface area contributed by atoms with Crippen molar-refractivity contribution in [2.75, 3.05) is 28.6 Å². The summed E-state index contributed by atoms with van der Waals surface area (Å²) < 4.78 is 0. The molecule has 9 nitrogen and oxygen atoms in total. The second-order valence-corrected chi connectivity index (χ2v) is 10.7. The van der Waals surface area contributed by atoms with Gasteiger partial charge in [-0.15, -0.1) is 0 Å². The normalized spacial score (nSPS) is 22.0. The van der Waals surface area contributed by atoms with Crippen LogP contribution < -0.4 is 27.0 Å². The topological polar surface area (TPSA) is 139 Å². The SMILES string of the molecule is CC1(C)C(=O)Nc2c(C3CCCCC3)cc(Nc3nc(N4CCCC(N)C4)ncc3C(N)=O)cc21. The fourth-order valence-corrected chi connectivity index (χ4v) is 5.63. The van der Waals surface area contributed by atoms with E-state index in [-0.39, 0.29) is 17.5 Å². The van der Waals surface area contributed by atoms with Crippen LogP contribution in [-0.4, -0.2) is 40.9 Å². The van der Waals surface area contributed by atoms with Crippen LogP contribution in [-0.2, 0) is 10.2 Å². The van der Waals surface area contributed by atoms with Crippen molar-refractivity contribution in [3.05, 3.63) is 35.0 Å². The number of piperidine rings is 1. The molecule has 2 fully saturated rings. The molecule has 6 N–H and O–H groups in total. The van der Waals surface area contributed by atoms with E-state index in [9.17, 15) is 9.59 Å². The first kappa shape index (κ1) is 23.5. The van der Waals surface area contributed by atoms with E-state index in [2.05, 4.69) is 21.7 Å². The van der Waals surface area contributed by atoms with E-state index in [1.54, 1.807) is 0 Å². The Morgan fingerprint density at radius 2 is 1.94 bits per heavy atom. The average molecular weight is 478 g/mol. The van der Waals surface area contributed by atoms with E-state index < -0.39 is 11.3 Å². The Labute approximate surface area is 206 Å². The molecular weight excluding hydrogens is 442 g/mol. The Morgan fingerprint density at radius 1 is 1.17 bits per heavy atom. The Hall–Kier alpha value is -3.20. The number of benzene rings is 1. The third-order valence-corrected chi connectivity index (χ3v) is 7.74. The first-order valence-electron chi connectivity index (χ1n) is 12.7. The molecule has 2 amide bonds. The number of nitrogens with two attached hydrogens (primary N) is 2. The predicted molar refractivity (Wildman–Crippen MR) is 137 cm³/mol. The van der Waals surface area contributed by atoms with E-state index in [0.717, 1.165) is 54.7 Å². The number of anilines is 4. The van der Waals surface area contributed by atoms with E-state index in [0.29, 0.717) is 24.2 Å². The molecule has 186 valence electrons. The van der Waals surface area contributed by atoms with E-state index in [1.165, 1.54) is 25.5 Å². The maximum atomic E-state index is 12.8. The molecule has 0 bridgehead atoms. The Bertz CT molecular complexity index is 1160. The van der Waals surface area contributed by atoms with Gasteiger partial charge in [0.05, 0.1) is 5.41 Å². The van der Waals surface area contributed by atoms with Crippen LogP contribution in [0.3, 0.4) is 0 Å². The van der Waals surface area contributed by atoms with Gasteiger partial charge < -0.3 is 27.0 Å². The van der Waals surface area contributed by atoms with Crippen LogP contribution in [0.4, 0.5) is 23.1 Å². The summed E-state index contributed by atoms with van der Waals surface area (Å²) in [4.78, 5) is 36.2. The van der Waals surface area contributed by atoms with Crippen molar-refractivity contribution in [1.29, 1.82) is 0 Å². The van der Waals surface area contributed by atoms with E-state index in [4.69, 9.17) is 16.5 Å². The Kier molecular flexibility index (Phi) is 6.13. The van der Waals surface area contributed by atoms with Crippen LogP contribution in [0.25, 0.3) is 0 Å². The van der Waals surface area contributed by atoms with Crippen molar-refractivity contribution in [2.24, 2.45) is 11.5 Å². The third-order valence-electron chi connectivity index (χ3n) is 7.74. The molecule has 1 saturated carbocycles. The van der Waals surface area contributed by atoms with Gasteiger partial charge in [0.1, 0.15) is 11.4 Å². The second kappa shape index (κ2) is 9.11. The standard InChI is InChI=1S/C26H35N7O2/c1-26(2)20-12-17(11-18(21(20)31-24(26)35)15-7-4-3-5-8-15)30-23-19(22(28)34)13-29-25(32-23)33-10-6-9-16(27)14-33/h11-13,15-16H,3-10,14,27H2,1-2H3,(H2,28,34)(H,31,35)(H,29,30,32). The summed E-state index contributed by atoms with van der Waals surface area (Å²) in [6, 6.07) is 4.16. The minimum absolute atomic E-state index is 0.00490. The Morgan fingerprint density at radius 3 is 2.66 bits per heavy atom. The number of aromatic nitrogens is 2. The van der Waals surface area contributed by atoms with Gasteiger partial charge in [-0.25, -0.2) is 4.98 Å². The lowest BCUT2D eigenvalue weighted by Gasteiger charge is -2.31. The zero-order valence-electron chi connectivity index (χ0n) is 20.6. The zero-order valence-corrected chi connectivity index (χ0v) is 20.6. The molecule has 3 heterocycles. The number of hydrogen-bond acceptors (Lipinski definition) is 7. The lowest BCUT2D eigenvalue weighted by atomic mass is 9.79. The second-order valence-electron chi connectivity index (χ2n) is 10.7. The zero-order chi connectivity index (χ0) is 24.7. The van der Waals surface area contributed by atoms with Crippen LogP contribution in [0, 0.1) is 0 Å². The lowest BCUT2D eigenvalue weighted by molar-refractivity contribution is -0.119. The number of fused-ring (bicyclic) bond motifs is 1. The lowest BCUT2D eigenvalue weighted by Crippen LogP contribution is -2.43. The summed E-state index contributed by atoms with van der Waals surface area (Å²) in [5.41, 5.74) is 15.3. The molecule has 3 aliphatic rings. The molecule has 0 radical (unpaired) electrons. The molecule has 1 aromatic carbocycles. The highest BCUT2D eigenvalue weighted by Crippen LogP contribution is 2.47. The molecule has 1 aliphatic carbocycles. The molecule has 1 aromatic heterocycles. The van der Waals surface area contributed by atoms with Gasteiger partial charge in [-0.1, -0.05) is 19.3 Å². The van der Waals surface area contributed by atoms with Crippen molar-refractivity contribution in [1.82, 2.24) is 9.97 Å². The number of hydrogen-bond donors (Lipinski definition) is 4. The minimum atomic E-state index is -0.649.